The molecule has 26 heavy (non-hydrogen) atoms. The Bertz CT molecular complexity index is 566. The average molecular weight is 425 g/mol. The molecule has 1 aromatic rings. The van der Waals surface area contributed by atoms with Gasteiger partial charge >= 0.3 is 0 Å². The number of carbonyl (C=O) groups excluding carboxylic acids is 1. The lowest BCUT2D eigenvalue weighted by Gasteiger charge is -2.36. The first-order valence-corrected chi connectivity index (χ1v) is 9.08. The van der Waals surface area contributed by atoms with Crippen LogP contribution in [0.4, 0.5) is 0 Å². The van der Waals surface area contributed by atoms with Crippen LogP contribution >= 0.6 is 36.4 Å². The van der Waals surface area contributed by atoms with Crippen molar-refractivity contribution in [3.05, 3.63) is 34.9 Å². The Morgan fingerprint density at radius 3 is 2.62 bits per heavy atom. The molecule has 2 fully saturated rings. The van der Waals surface area contributed by atoms with Gasteiger partial charge in [0.25, 0.3) is 0 Å². The molecule has 5 nitrogen and oxygen atoms in total. The van der Waals surface area contributed by atoms with Gasteiger partial charge in [0, 0.05) is 30.6 Å². The van der Waals surface area contributed by atoms with Gasteiger partial charge < -0.3 is 15.4 Å². The summed E-state index contributed by atoms with van der Waals surface area (Å²) in [6.45, 7) is 7.70. The number of ether oxygens (including phenoxy) is 1. The fourth-order valence-electron chi connectivity index (χ4n) is 3.30. The second kappa shape index (κ2) is 11.3. The van der Waals surface area contributed by atoms with Crippen molar-refractivity contribution in [3.63, 3.8) is 0 Å². The highest BCUT2D eigenvalue weighted by Crippen LogP contribution is 2.24. The van der Waals surface area contributed by atoms with Crippen molar-refractivity contribution in [2.24, 2.45) is 11.8 Å². The number of benzene rings is 1. The summed E-state index contributed by atoms with van der Waals surface area (Å²) in [5.41, 5.74) is 1.14. The monoisotopic (exact) mass is 423 g/mol. The van der Waals surface area contributed by atoms with Gasteiger partial charge in [-0.3, -0.25) is 9.69 Å². The fraction of sp³-hybridized carbons (Fsp3) is 0.611. The Hall–Kier alpha value is -0.560. The van der Waals surface area contributed by atoms with Gasteiger partial charge in [-0.2, -0.15) is 0 Å². The molecule has 2 aliphatic heterocycles. The van der Waals surface area contributed by atoms with Crippen molar-refractivity contribution < 1.29 is 9.53 Å². The highest BCUT2D eigenvalue weighted by Gasteiger charge is 2.30. The number of morpholine rings is 1. The molecule has 0 aliphatic carbocycles. The smallest absolute Gasteiger partial charge is 0.223 e. The quantitative estimate of drug-likeness (QED) is 0.737. The molecule has 0 radical (unpaired) electrons. The van der Waals surface area contributed by atoms with E-state index in [9.17, 15) is 4.79 Å². The Balaban J connectivity index is 0.00000169. The molecule has 0 spiro atoms. The molecule has 148 valence electrons. The van der Waals surface area contributed by atoms with E-state index in [0.29, 0.717) is 12.5 Å². The molecule has 2 unspecified atom stereocenters. The van der Waals surface area contributed by atoms with E-state index in [4.69, 9.17) is 16.3 Å². The first kappa shape index (κ1) is 23.5. The molecule has 1 aromatic carbocycles. The van der Waals surface area contributed by atoms with E-state index < -0.39 is 0 Å². The highest BCUT2D eigenvalue weighted by atomic mass is 35.5. The largest absolute Gasteiger partial charge is 0.379 e. The Morgan fingerprint density at radius 1 is 1.35 bits per heavy atom. The first-order chi connectivity index (χ1) is 11.6. The zero-order valence-corrected chi connectivity index (χ0v) is 17.3. The zero-order chi connectivity index (χ0) is 16.9. The molecule has 8 heteroatoms. The topological polar surface area (TPSA) is 53.6 Å². The summed E-state index contributed by atoms with van der Waals surface area (Å²) in [4.78, 5) is 14.8. The first-order valence-electron chi connectivity index (χ1n) is 8.71. The van der Waals surface area contributed by atoms with Crippen molar-refractivity contribution >= 4 is 42.3 Å². The second-order valence-electron chi connectivity index (χ2n) is 6.67. The molecular weight excluding hydrogens is 397 g/mol. The van der Waals surface area contributed by atoms with Crippen LogP contribution < -0.4 is 10.6 Å². The third-order valence-corrected chi connectivity index (χ3v) is 5.36. The van der Waals surface area contributed by atoms with Gasteiger partial charge in [-0.1, -0.05) is 30.7 Å². The van der Waals surface area contributed by atoms with Crippen LogP contribution in [0.2, 0.25) is 5.02 Å². The standard InChI is InChI=1S/C18H26ClN3O2.2ClH/c1-13(15-10-20-11-15)18(23)21-12-17(22-5-7-24-8-6-22)14-3-2-4-16(19)9-14;;/h2-4,9,13,15,17,20H,5-8,10-12H2,1H3,(H,21,23);2*1H. The maximum atomic E-state index is 12.5. The van der Waals surface area contributed by atoms with E-state index in [1.807, 2.05) is 25.1 Å². The van der Waals surface area contributed by atoms with Gasteiger partial charge in [-0.25, -0.2) is 0 Å². The summed E-state index contributed by atoms with van der Waals surface area (Å²) in [5, 5.41) is 7.11. The molecule has 2 saturated heterocycles. The second-order valence-corrected chi connectivity index (χ2v) is 7.11. The maximum Gasteiger partial charge on any atom is 0.223 e. The van der Waals surface area contributed by atoms with Crippen LogP contribution in [0.3, 0.4) is 0 Å². The molecule has 0 saturated carbocycles. The highest BCUT2D eigenvalue weighted by molar-refractivity contribution is 6.30. The number of hydrogen-bond acceptors (Lipinski definition) is 4. The van der Waals surface area contributed by atoms with Crippen LogP contribution in [0.1, 0.15) is 18.5 Å². The summed E-state index contributed by atoms with van der Waals surface area (Å²) < 4.78 is 5.46. The van der Waals surface area contributed by atoms with E-state index in [-0.39, 0.29) is 42.7 Å². The number of nitrogens with zero attached hydrogens (tertiary/aromatic N) is 1. The van der Waals surface area contributed by atoms with E-state index in [1.165, 1.54) is 0 Å². The number of halogens is 3. The van der Waals surface area contributed by atoms with Crippen molar-refractivity contribution in [2.75, 3.05) is 45.9 Å². The van der Waals surface area contributed by atoms with Crippen LogP contribution in [0.25, 0.3) is 0 Å². The minimum absolute atomic E-state index is 0. The Kier molecular flexibility index (Phi) is 10.2. The van der Waals surface area contributed by atoms with E-state index in [1.54, 1.807) is 0 Å². The van der Waals surface area contributed by atoms with Crippen molar-refractivity contribution in [1.29, 1.82) is 0 Å². The predicted molar refractivity (Wildman–Crippen MR) is 110 cm³/mol. The lowest BCUT2D eigenvalue weighted by Crippen LogP contribution is -2.51. The molecule has 3 rings (SSSR count). The maximum absolute atomic E-state index is 12.5. The van der Waals surface area contributed by atoms with Crippen molar-refractivity contribution in [3.8, 4) is 0 Å². The predicted octanol–water partition coefficient (Wildman–Crippen LogP) is 2.53. The van der Waals surface area contributed by atoms with Gasteiger partial charge in [0.2, 0.25) is 5.91 Å². The van der Waals surface area contributed by atoms with Crippen LogP contribution in [0.5, 0.6) is 0 Å². The molecule has 2 aliphatic rings. The fourth-order valence-corrected chi connectivity index (χ4v) is 3.50. The lowest BCUT2D eigenvalue weighted by molar-refractivity contribution is -0.127. The van der Waals surface area contributed by atoms with Crippen LogP contribution in [-0.4, -0.2) is 56.7 Å². The van der Waals surface area contributed by atoms with Crippen molar-refractivity contribution in [1.82, 2.24) is 15.5 Å². The van der Waals surface area contributed by atoms with Gasteiger partial charge in [-0.15, -0.1) is 24.8 Å². The molecule has 2 atom stereocenters. The zero-order valence-electron chi connectivity index (χ0n) is 14.9. The summed E-state index contributed by atoms with van der Waals surface area (Å²) in [6, 6.07) is 8.05. The van der Waals surface area contributed by atoms with Gasteiger partial charge in [-0.05, 0) is 36.7 Å². The van der Waals surface area contributed by atoms with E-state index in [2.05, 4.69) is 21.6 Å². The van der Waals surface area contributed by atoms with Gasteiger partial charge in [0.15, 0.2) is 0 Å². The summed E-state index contributed by atoms with van der Waals surface area (Å²) in [6.07, 6.45) is 0. The normalized spacial score (nSPS) is 20.1. The number of carbonyl (C=O) groups is 1. The van der Waals surface area contributed by atoms with Crippen molar-refractivity contribution in [2.45, 2.75) is 13.0 Å². The number of rotatable bonds is 6. The van der Waals surface area contributed by atoms with Crippen LogP contribution in [0.15, 0.2) is 24.3 Å². The van der Waals surface area contributed by atoms with E-state index in [0.717, 1.165) is 50.0 Å². The molecular formula is C18H28Cl3N3O2. The number of amides is 1. The number of nitrogens with one attached hydrogen (secondary N) is 2. The Labute approximate surface area is 173 Å². The minimum Gasteiger partial charge on any atom is -0.379 e. The molecule has 2 N–H and O–H groups in total. The van der Waals surface area contributed by atoms with Crippen LogP contribution in [0, 0.1) is 11.8 Å². The van der Waals surface area contributed by atoms with E-state index >= 15 is 0 Å². The third-order valence-electron chi connectivity index (χ3n) is 5.12. The Morgan fingerprint density at radius 2 is 2.04 bits per heavy atom. The summed E-state index contributed by atoms with van der Waals surface area (Å²) in [7, 11) is 0. The average Bonchev–Trinajstić information content (AvgIpc) is 2.54. The minimum atomic E-state index is 0. The third kappa shape index (κ3) is 5.98. The van der Waals surface area contributed by atoms with Gasteiger partial charge in [0.1, 0.15) is 0 Å². The summed E-state index contributed by atoms with van der Waals surface area (Å²) >= 11 is 6.17. The lowest BCUT2D eigenvalue weighted by atomic mass is 9.88. The molecule has 0 bridgehead atoms. The number of hydrogen-bond donors (Lipinski definition) is 2. The molecule has 0 aromatic heterocycles. The SMILES string of the molecule is CC(C(=O)NCC(c1cccc(Cl)c1)N1CCOCC1)C1CNC1.Cl.Cl. The summed E-state index contributed by atoms with van der Waals surface area (Å²) in [5.74, 6) is 0.649. The van der Waals surface area contributed by atoms with Crippen LogP contribution in [-0.2, 0) is 9.53 Å². The van der Waals surface area contributed by atoms with Gasteiger partial charge in [0.05, 0.1) is 19.3 Å². The molecule has 1 amide bonds. The molecule has 2 heterocycles.